The molecule has 0 fully saturated rings. The number of rotatable bonds is 7. The maximum atomic E-state index is 11.8. The third-order valence-corrected chi connectivity index (χ3v) is 3.63. The topological polar surface area (TPSA) is 62.1 Å². The van der Waals surface area contributed by atoms with Gasteiger partial charge in [-0.1, -0.05) is 5.92 Å². The van der Waals surface area contributed by atoms with Gasteiger partial charge < -0.3 is 4.74 Å². The first-order chi connectivity index (χ1) is 8.77. The molecule has 0 aliphatic heterocycles. The standard InChI is InChI=1S/C12H12N2O2S2/c1-2-8-16-9-7-14-18(15)12-5-3-11(4-6-12)17-10-13/h1,3-6,14H,7-9H2. The van der Waals surface area contributed by atoms with Crippen molar-refractivity contribution in [1.29, 1.82) is 5.26 Å². The summed E-state index contributed by atoms with van der Waals surface area (Å²) in [6.07, 6.45) is 5.02. The monoisotopic (exact) mass is 280 g/mol. The lowest BCUT2D eigenvalue weighted by Gasteiger charge is -2.05. The van der Waals surface area contributed by atoms with Crippen LogP contribution in [-0.4, -0.2) is 24.0 Å². The summed E-state index contributed by atoms with van der Waals surface area (Å²) in [6, 6.07) is 6.98. The summed E-state index contributed by atoms with van der Waals surface area (Å²) in [5.41, 5.74) is 0. The molecule has 0 heterocycles. The molecule has 1 unspecified atom stereocenters. The zero-order chi connectivity index (χ0) is 13.2. The smallest absolute Gasteiger partial charge is 0.138 e. The van der Waals surface area contributed by atoms with Crippen molar-refractivity contribution < 1.29 is 8.95 Å². The number of benzene rings is 1. The quantitative estimate of drug-likeness (QED) is 0.356. The second-order valence-electron chi connectivity index (χ2n) is 3.08. The number of nitrogens with zero attached hydrogens (tertiary/aromatic N) is 1. The Morgan fingerprint density at radius 2 is 2.17 bits per heavy atom. The van der Waals surface area contributed by atoms with Gasteiger partial charge in [-0.3, -0.25) is 0 Å². The second-order valence-corrected chi connectivity index (χ2v) is 5.24. The Labute approximate surface area is 113 Å². The van der Waals surface area contributed by atoms with Crippen molar-refractivity contribution in [2.45, 2.75) is 9.79 Å². The first-order valence-corrected chi connectivity index (χ1v) is 7.07. The summed E-state index contributed by atoms with van der Waals surface area (Å²) in [4.78, 5) is 1.49. The van der Waals surface area contributed by atoms with Crippen molar-refractivity contribution in [3.63, 3.8) is 0 Å². The van der Waals surface area contributed by atoms with Crippen LogP contribution in [0.3, 0.4) is 0 Å². The number of terminal acetylenes is 1. The second kappa shape index (κ2) is 8.73. The minimum Gasteiger partial charge on any atom is -0.367 e. The highest BCUT2D eigenvalue weighted by Crippen LogP contribution is 2.17. The molecular weight excluding hydrogens is 268 g/mol. The van der Waals surface area contributed by atoms with E-state index in [-0.39, 0.29) is 6.61 Å². The Morgan fingerprint density at radius 3 is 2.78 bits per heavy atom. The first kappa shape index (κ1) is 14.7. The Morgan fingerprint density at radius 1 is 1.44 bits per heavy atom. The highest BCUT2D eigenvalue weighted by molar-refractivity contribution is 8.03. The van der Waals surface area contributed by atoms with Gasteiger partial charge in [0, 0.05) is 11.4 Å². The van der Waals surface area contributed by atoms with Crippen LogP contribution in [0.2, 0.25) is 0 Å². The van der Waals surface area contributed by atoms with Gasteiger partial charge >= 0.3 is 0 Å². The molecule has 0 spiro atoms. The van der Waals surface area contributed by atoms with Gasteiger partial charge in [0.2, 0.25) is 0 Å². The summed E-state index contributed by atoms with van der Waals surface area (Å²) in [6.45, 7) is 1.13. The maximum Gasteiger partial charge on any atom is 0.138 e. The van der Waals surface area contributed by atoms with Gasteiger partial charge in [0.1, 0.15) is 23.0 Å². The lowest BCUT2D eigenvalue weighted by molar-refractivity contribution is 0.173. The number of nitriles is 1. The van der Waals surface area contributed by atoms with Crippen LogP contribution in [0.4, 0.5) is 0 Å². The molecule has 0 aliphatic carbocycles. The summed E-state index contributed by atoms with van der Waals surface area (Å²) in [5.74, 6) is 2.35. The first-order valence-electron chi connectivity index (χ1n) is 5.10. The molecule has 1 aromatic carbocycles. The van der Waals surface area contributed by atoms with Gasteiger partial charge in [-0.15, -0.1) is 6.42 Å². The number of nitrogens with one attached hydrogen (secondary N) is 1. The van der Waals surface area contributed by atoms with Crippen molar-refractivity contribution in [3.8, 4) is 17.7 Å². The van der Waals surface area contributed by atoms with Gasteiger partial charge in [0.25, 0.3) is 0 Å². The number of thiocyanates is 1. The van der Waals surface area contributed by atoms with E-state index in [1.807, 2.05) is 5.40 Å². The van der Waals surface area contributed by atoms with Crippen LogP contribution in [0.1, 0.15) is 0 Å². The minimum absolute atomic E-state index is 0.258. The third kappa shape index (κ3) is 5.35. The van der Waals surface area contributed by atoms with Crippen LogP contribution in [0.5, 0.6) is 0 Å². The van der Waals surface area contributed by atoms with Crippen molar-refractivity contribution in [2.75, 3.05) is 19.8 Å². The lowest BCUT2D eigenvalue weighted by atomic mass is 10.4. The largest absolute Gasteiger partial charge is 0.367 e. The van der Waals surface area contributed by atoms with E-state index >= 15 is 0 Å². The third-order valence-electron chi connectivity index (χ3n) is 1.87. The van der Waals surface area contributed by atoms with Crippen molar-refractivity contribution >= 4 is 22.7 Å². The normalized spacial score (nSPS) is 11.4. The van der Waals surface area contributed by atoms with Crippen molar-refractivity contribution in [1.82, 2.24) is 4.72 Å². The minimum atomic E-state index is -1.27. The SMILES string of the molecule is C#CCOCCNS(=O)c1ccc(SC#N)cc1. The number of hydrogen-bond donors (Lipinski definition) is 1. The molecule has 0 saturated carbocycles. The molecule has 1 atom stereocenters. The van der Waals surface area contributed by atoms with E-state index in [1.165, 1.54) is 0 Å². The van der Waals surface area contributed by atoms with E-state index in [1.54, 1.807) is 24.3 Å². The van der Waals surface area contributed by atoms with Crippen LogP contribution in [0.25, 0.3) is 0 Å². The van der Waals surface area contributed by atoms with E-state index in [0.29, 0.717) is 18.0 Å². The highest BCUT2D eigenvalue weighted by Gasteiger charge is 2.03. The van der Waals surface area contributed by atoms with E-state index < -0.39 is 11.0 Å². The Bertz CT molecular complexity index is 474. The van der Waals surface area contributed by atoms with E-state index in [0.717, 1.165) is 16.7 Å². The zero-order valence-electron chi connectivity index (χ0n) is 9.59. The summed E-state index contributed by atoms with van der Waals surface area (Å²) in [7, 11) is -1.27. The van der Waals surface area contributed by atoms with Crippen LogP contribution in [0.15, 0.2) is 34.1 Å². The maximum absolute atomic E-state index is 11.8. The summed E-state index contributed by atoms with van der Waals surface area (Å²) < 4.78 is 19.6. The summed E-state index contributed by atoms with van der Waals surface area (Å²) >= 11 is 1.07. The molecule has 0 amide bonds. The predicted octanol–water partition coefficient (Wildman–Crippen LogP) is 1.52. The Balaban J connectivity index is 2.38. The molecule has 1 N–H and O–H groups in total. The fraction of sp³-hybridized carbons (Fsp3) is 0.250. The molecule has 94 valence electrons. The van der Waals surface area contributed by atoms with E-state index in [9.17, 15) is 4.21 Å². The highest BCUT2D eigenvalue weighted by atomic mass is 32.2. The van der Waals surface area contributed by atoms with Gasteiger partial charge in [0.05, 0.1) is 11.5 Å². The van der Waals surface area contributed by atoms with Crippen LogP contribution < -0.4 is 4.72 Å². The van der Waals surface area contributed by atoms with E-state index in [4.69, 9.17) is 16.4 Å². The molecule has 0 radical (unpaired) electrons. The average Bonchev–Trinajstić information content (AvgIpc) is 2.39. The van der Waals surface area contributed by atoms with Crippen LogP contribution in [-0.2, 0) is 15.7 Å². The number of ether oxygens (including phenoxy) is 1. The van der Waals surface area contributed by atoms with Gasteiger partial charge in [0.15, 0.2) is 0 Å². The molecular formula is C12H12N2O2S2. The fourth-order valence-corrected chi connectivity index (χ4v) is 2.30. The van der Waals surface area contributed by atoms with E-state index in [2.05, 4.69) is 10.6 Å². The zero-order valence-corrected chi connectivity index (χ0v) is 11.2. The Hall–Kier alpha value is -1.31. The molecule has 4 nitrogen and oxygen atoms in total. The van der Waals surface area contributed by atoms with Gasteiger partial charge in [-0.05, 0) is 36.0 Å². The Kier molecular flexibility index (Phi) is 7.16. The van der Waals surface area contributed by atoms with Crippen molar-refractivity contribution in [3.05, 3.63) is 24.3 Å². The molecule has 0 bridgehead atoms. The van der Waals surface area contributed by atoms with Crippen LogP contribution in [0, 0.1) is 23.0 Å². The molecule has 0 aliphatic rings. The molecule has 0 aromatic heterocycles. The summed E-state index contributed by atoms with van der Waals surface area (Å²) in [5, 5.41) is 10.5. The predicted molar refractivity (Wildman–Crippen MR) is 72.0 cm³/mol. The number of thioether (sulfide) groups is 1. The molecule has 1 rings (SSSR count). The fourth-order valence-electron chi connectivity index (χ4n) is 1.10. The van der Waals surface area contributed by atoms with Gasteiger partial charge in [-0.2, -0.15) is 5.26 Å². The van der Waals surface area contributed by atoms with Crippen molar-refractivity contribution in [2.24, 2.45) is 0 Å². The average molecular weight is 280 g/mol. The molecule has 18 heavy (non-hydrogen) atoms. The van der Waals surface area contributed by atoms with Crippen LogP contribution >= 0.6 is 11.8 Å². The molecule has 6 heteroatoms. The van der Waals surface area contributed by atoms with Gasteiger partial charge in [-0.25, -0.2) is 8.93 Å². The number of hydrogen-bond acceptors (Lipinski definition) is 4. The molecule has 0 saturated heterocycles. The lowest BCUT2D eigenvalue weighted by Crippen LogP contribution is -2.22. The molecule has 1 aromatic rings.